The van der Waals surface area contributed by atoms with Gasteiger partial charge in [-0.25, -0.2) is 0 Å². The van der Waals surface area contributed by atoms with E-state index in [4.69, 9.17) is 17.5 Å². The molecule has 0 saturated heterocycles. The first-order chi connectivity index (χ1) is 2.00. The molecule has 0 aromatic rings. The molecule has 0 radical (unpaired) electrons. The molecule has 8 heavy (non-hydrogen) atoms. The van der Waals surface area contributed by atoms with Crippen LogP contribution in [-0.4, -0.2) is 47.1 Å². The molecule has 0 spiro atoms. The van der Waals surface area contributed by atoms with Gasteiger partial charge in [-0.1, -0.05) is 0 Å². The van der Waals surface area contributed by atoms with E-state index in [-0.39, 0.29) is 48.1 Å². The summed E-state index contributed by atoms with van der Waals surface area (Å²) in [5.41, 5.74) is 0. The monoisotopic (exact) mass is 175 g/mol. The molecule has 0 amide bonds. The molecule has 8 heteroatoms. The zero-order valence-corrected chi connectivity index (χ0v) is 4.87. The van der Waals surface area contributed by atoms with E-state index in [2.05, 4.69) is 0 Å². The Kier molecular flexibility index (Phi) is 23.3. The summed E-state index contributed by atoms with van der Waals surface area (Å²) in [4.78, 5) is 0. The Balaban J connectivity index is -0.0000000267. The summed E-state index contributed by atoms with van der Waals surface area (Å²) in [5.74, 6) is 0. The van der Waals surface area contributed by atoms with Crippen LogP contribution in [0.3, 0.4) is 0 Å². The Hall–Kier alpha value is 1.12. The second kappa shape index (κ2) is 8.12. The quantitative estimate of drug-likeness (QED) is 0.333. The maximum absolute atomic E-state index is 8.74. The molecule has 0 rings (SSSR count). The SMILES string of the molecule is Cl.N.O=S(=O)(O)O.[NaH]. The molecule has 0 aromatic carbocycles. The van der Waals surface area contributed by atoms with Crippen LogP contribution in [0.2, 0.25) is 0 Å². The third-order valence-corrected chi connectivity index (χ3v) is 0. The van der Waals surface area contributed by atoms with Crippen molar-refractivity contribution in [3.8, 4) is 0 Å². The van der Waals surface area contributed by atoms with Gasteiger partial charge in [0, 0.05) is 0 Å². The van der Waals surface area contributed by atoms with Crippen molar-refractivity contribution in [1.82, 2.24) is 6.15 Å². The normalized spacial score (nSPS) is 7.25. The molecule has 0 bridgehead atoms. The molecule has 0 atom stereocenters. The van der Waals surface area contributed by atoms with Crippen LogP contribution in [0, 0.1) is 0 Å². The topological polar surface area (TPSA) is 110 Å². The molecule has 0 aromatic heterocycles. The summed E-state index contributed by atoms with van der Waals surface area (Å²) in [5, 5.41) is 0. The number of halogens is 1. The minimum atomic E-state index is -4.67. The summed E-state index contributed by atoms with van der Waals surface area (Å²) < 4.78 is 31.6. The van der Waals surface area contributed by atoms with E-state index in [1.807, 2.05) is 0 Å². The molecular formula is H7ClNNaO4S. The van der Waals surface area contributed by atoms with Gasteiger partial charge in [-0.05, 0) is 0 Å². The van der Waals surface area contributed by atoms with Crippen molar-refractivity contribution in [2.45, 2.75) is 0 Å². The van der Waals surface area contributed by atoms with Crippen LogP contribution < -0.4 is 6.15 Å². The first kappa shape index (κ1) is 22.9. The van der Waals surface area contributed by atoms with Crippen LogP contribution in [0.25, 0.3) is 0 Å². The molecule has 50 valence electrons. The van der Waals surface area contributed by atoms with Gasteiger partial charge < -0.3 is 6.15 Å². The van der Waals surface area contributed by atoms with E-state index in [9.17, 15) is 0 Å². The fourth-order valence-corrected chi connectivity index (χ4v) is 0. The second-order valence-corrected chi connectivity index (χ2v) is 1.34. The summed E-state index contributed by atoms with van der Waals surface area (Å²) in [7, 11) is -4.67. The average molecular weight is 176 g/mol. The van der Waals surface area contributed by atoms with Crippen molar-refractivity contribution in [3.05, 3.63) is 0 Å². The molecule has 0 aliphatic carbocycles. The van der Waals surface area contributed by atoms with E-state index in [0.717, 1.165) is 0 Å². The average Bonchev–Trinajstić information content (AvgIpc) is 0.722. The van der Waals surface area contributed by atoms with Crippen LogP contribution in [0.15, 0.2) is 0 Å². The van der Waals surface area contributed by atoms with Gasteiger partial charge in [0.1, 0.15) is 0 Å². The van der Waals surface area contributed by atoms with E-state index in [0.29, 0.717) is 0 Å². The number of rotatable bonds is 0. The summed E-state index contributed by atoms with van der Waals surface area (Å²) in [6.07, 6.45) is 0. The van der Waals surface area contributed by atoms with Crippen LogP contribution >= 0.6 is 12.4 Å². The van der Waals surface area contributed by atoms with E-state index < -0.39 is 10.4 Å². The van der Waals surface area contributed by atoms with E-state index in [1.165, 1.54) is 0 Å². The van der Waals surface area contributed by atoms with E-state index in [1.54, 1.807) is 0 Å². The number of hydrogen-bond acceptors (Lipinski definition) is 3. The molecule has 5 nitrogen and oxygen atoms in total. The standard InChI is InChI=1S/ClH.H3N.Na.H2O4S.H/c;;;1-5(2,3)4;/h1H;1H3;;(H2,1,2,3,4);. The molecule has 0 saturated carbocycles. The molecular weight excluding hydrogens is 169 g/mol. The third-order valence-electron chi connectivity index (χ3n) is 0. The van der Waals surface area contributed by atoms with E-state index >= 15 is 0 Å². The fourth-order valence-electron chi connectivity index (χ4n) is 0. The molecule has 0 heterocycles. The van der Waals surface area contributed by atoms with Crippen molar-refractivity contribution in [2.75, 3.05) is 0 Å². The summed E-state index contributed by atoms with van der Waals surface area (Å²) in [6, 6.07) is 0. The van der Waals surface area contributed by atoms with Crippen LogP contribution in [0.5, 0.6) is 0 Å². The van der Waals surface area contributed by atoms with Gasteiger partial charge in [0.15, 0.2) is 0 Å². The second-order valence-electron chi connectivity index (χ2n) is 0.448. The van der Waals surface area contributed by atoms with Crippen molar-refractivity contribution in [2.24, 2.45) is 0 Å². The summed E-state index contributed by atoms with van der Waals surface area (Å²) in [6.45, 7) is 0. The van der Waals surface area contributed by atoms with Gasteiger partial charge in [0.25, 0.3) is 0 Å². The zero-order valence-electron chi connectivity index (χ0n) is 3.23. The Morgan fingerprint density at radius 3 is 1.12 bits per heavy atom. The predicted molar refractivity (Wildman–Crippen MR) is 33.6 cm³/mol. The van der Waals surface area contributed by atoms with Crippen molar-refractivity contribution >= 4 is 52.4 Å². The Morgan fingerprint density at radius 2 is 1.12 bits per heavy atom. The maximum atomic E-state index is 8.74. The zero-order chi connectivity index (χ0) is 4.50. The van der Waals surface area contributed by atoms with Gasteiger partial charge in [0.2, 0.25) is 0 Å². The van der Waals surface area contributed by atoms with Gasteiger partial charge >= 0.3 is 40.0 Å². The van der Waals surface area contributed by atoms with Gasteiger partial charge in [-0.15, -0.1) is 12.4 Å². The van der Waals surface area contributed by atoms with Gasteiger partial charge in [-0.3, -0.25) is 9.11 Å². The Bertz CT molecular complexity index is 99.2. The van der Waals surface area contributed by atoms with Crippen molar-refractivity contribution in [3.63, 3.8) is 0 Å². The molecule has 0 aliphatic rings. The van der Waals surface area contributed by atoms with Crippen molar-refractivity contribution in [1.29, 1.82) is 0 Å². The van der Waals surface area contributed by atoms with Crippen molar-refractivity contribution < 1.29 is 17.5 Å². The third kappa shape index (κ3) is 213. The van der Waals surface area contributed by atoms with Gasteiger partial charge in [-0.2, -0.15) is 8.42 Å². The van der Waals surface area contributed by atoms with Gasteiger partial charge in [0.05, 0.1) is 0 Å². The number of hydrogen-bond donors (Lipinski definition) is 3. The molecule has 0 fully saturated rings. The first-order valence-corrected chi connectivity index (χ1v) is 2.10. The fraction of sp³-hybridized carbons (Fsp3) is 0. The summed E-state index contributed by atoms with van der Waals surface area (Å²) >= 11 is 0. The first-order valence-electron chi connectivity index (χ1n) is 0.698. The Morgan fingerprint density at radius 1 is 1.12 bits per heavy atom. The minimum absolute atomic E-state index is 0. The van der Waals surface area contributed by atoms with Crippen LogP contribution in [-0.2, 0) is 10.4 Å². The van der Waals surface area contributed by atoms with Crippen LogP contribution in [0.4, 0.5) is 0 Å². The predicted octanol–water partition coefficient (Wildman–Crippen LogP) is -0.718. The molecule has 5 N–H and O–H groups in total. The molecule has 0 unspecified atom stereocenters. The molecule has 0 aliphatic heterocycles. The van der Waals surface area contributed by atoms with Crippen LogP contribution in [0.1, 0.15) is 0 Å². The Labute approximate surface area is 75.7 Å².